The number of phenolic OH excluding ortho intramolecular Hbond substituents is 2. The number of carbonyl (C=O) groups is 4. The van der Waals surface area contributed by atoms with Gasteiger partial charge < -0.3 is 70.3 Å². The standard InChI is InChI=1S/C28H36N8O5.C28H36N8O4/c1-5-16(4)34-27(39)19-9-18(10-20(29)11-19)22-13-32-26(33-15(2)3)28(40)36(22)14-24(38)31-12-17-6-7-21(23(37)8-17)25(30)35-41;1-5-16(4)35-27(39)19-9-18(10-20(29)11-19)22-13-33-26(34-15(2)3)28(40)36(22)14-24(38)32-12-17-6-7-21(25(30)31)23(37)8-17/h6-11,13,15-16,37,41H,5,12,14,29H2,1-4H3,(H2,30,35)(H,31,38)(H,32,33)(H,34,39);6-11,13,15-16,37H,5,12,14,29H2,1-4H3,(H3,30,31)(H,32,38)(H,33,34)(H,35,39). The summed E-state index contributed by atoms with van der Waals surface area (Å²) in [6, 6.07) is 18.2. The number of phenols is 2. The van der Waals surface area contributed by atoms with Gasteiger partial charge in [-0.3, -0.25) is 43.3 Å². The number of anilines is 4. The number of amidine groups is 2. The molecule has 0 radical (unpaired) electrons. The Labute approximate surface area is 467 Å². The third kappa shape index (κ3) is 17.0. The van der Waals surface area contributed by atoms with Crippen LogP contribution in [0, 0.1) is 5.41 Å². The Kier molecular flexibility index (Phi) is 21.5. The van der Waals surface area contributed by atoms with Crippen LogP contribution in [0.5, 0.6) is 11.5 Å². The molecule has 0 saturated carbocycles. The third-order valence-corrected chi connectivity index (χ3v) is 12.3. The number of rotatable bonds is 22. The fraction of sp³-hybridized carbons (Fsp3) is 0.321. The molecule has 2 atom stereocenters. The quantitative estimate of drug-likeness (QED) is 0.0150. The highest BCUT2D eigenvalue weighted by Crippen LogP contribution is 2.26. The highest BCUT2D eigenvalue weighted by Gasteiger charge is 2.21. The van der Waals surface area contributed by atoms with E-state index in [2.05, 4.69) is 47.0 Å². The average Bonchev–Trinajstić information content (AvgIpc) is 3.52. The van der Waals surface area contributed by atoms with Crippen molar-refractivity contribution in [3.8, 4) is 34.0 Å². The summed E-state index contributed by atoms with van der Waals surface area (Å²) in [7, 11) is 0. The van der Waals surface area contributed by atoms with Crippen LogP contribution in [0.15, 0.2) is 99.9 Å². The van der Waals surface area contributed by atoms with Gasteiger partial charge in [0.05, 0.1) is 34.9 Å². The number of amides is 4. The third-order valence-electron chi connectivity index (χ3n) is 12.3. The maximum Gasteiger partial charge on any atom is 0.294 e. The molecule has 6 rings (SSSR count). The number of nitrogens with zero attached hydrogens (tertiary/aromatic N) is 5. The topological polar surface area (TPSA) is 411 Å². The minimum absolute atomic E-state index is 0.0351. The first-order chi connectivity index (χ1) is 38.3. The molecule has 25 nitrogen and oxygen atoms in total. The van der Waals surface area contributed by atoms with E-state index in [0.717, 1.165) is 12.8 Å². The lowest BCUT2D eigenvalue weighted by molar-refractivity contribution is -0.122. The van der Waals surface area contributed by atoms with E-state index in [9.17, 15) is 39.0 Å². The number of nitrogen functional groups attached to an aromatic ring is 3. The second-order valence-electron chi connectivity index (χ2n) is 19.8. The Morgan fingerprint density at radius 1 is 0.617 bits per heavy atom. The van der Waals surface area contributed by atoms with E-state index in [1.165, 1.54) is 45.8 Å². The Morgan fingerprint density at radius 2 is 1.01 bits per heavy atom. The van der Waals surface area contributed by atoms with Gasteiger partial charge in [-0.1, -0.05) is 31.1 Å². The smallest absolute Gasteiger partial charge is 0.294 e. The molecule has 25 heteroatoms. The van der Waals surface area contributed by atoms with E-state index < -0.39 is 22.9 Å². The van der Waals surface area contributed by atoms with Crippen molar-refractivity contribution in [2.45, 2.75) is 119 Å². The summed E-state index contributed by atoms with van der Waals surface area (Å²) in [5.74, 6) is -2.36. The number of aromatic hydroxyl groups is 2. The van der Waals surface area contributed by atoms with Crippen molar-refractivity contribution >= 4 is 58.3 Å². The van der Waals surface area contributed by atoms with E-state index >= 15 is 0 Å². The molecule has 2 aromatic heterocycles. The molecule has 430 valence electrons. The van der Waals surface area contributed by atoms with E-state index in [0.29, 0.717) is 56.1 Å². The van der Waals surface area contributed by atoms with Gasteiger partial charge in [0.1, 0.15) is 30.4 Å². The van der Waals surface area contributed by atoms with Crippen LogP contribution in [0.2, 0.25) is 0 Å². The molecule has 81 heavy (non-hydrogen) atoms. The van der Waals surface area contributed by atoms with Gasteiger partial charge in [0, 0.05) is 70.9 Å². The molecule has 2 heterocycles. The number of nitrogens with one attached hydrogen (secondary N) is 7. The van der Waals surface area contributed by atoms with Gasteiger partial charge in [-0.2, -0.15) is 0 Å². The molecule has 0 bridgehead atoms. The fourth-order valence-corrected chi connectivity index (χ4v) is 7.85. The lowest BCUT2D eigenvalue weighted by Gasteiger charge is -2.17. The molecule has 4 amide bonds. The number of carbonyl (C=O) groups excluding carboxylic acids is 4. The van der Waals surface area contributed by atoms with Crippen LogP contribution < -0.4 is 66.0 Å². The monoisotopic (exact) mass is 1110 g/mol. The zero-order valence-corrected chi connectivity index (χ0v) is 46.5. The van der Waals surface area contributed by atoms with Crippen LogP contribution in [0.25, 0.3) is 22.5 Å². The first-order valence-electron chi connectivity index (χ1n) is 26.0. The maximum absolute atomic E-state index is 13.4. The first-order valence-corrected chi connectivity index (χ1v) is 26.0. The van der Waals surface area contributed by atoms with Crippen LogP contribution in [0.4, 0.5) is 23.0 Å². The number of nitrogens with two attached hydrogens (primary N) is 4. The molecule has 0 fully saturated rings. The van der Waals surface area contributed by atoms with Gasteiger partial charge >= 0.3 is 0 Å². The number of hydrogen-bond donors (Lipinski definition) is 14. The highest BCUT2D eigenvalue weighted by atomic mass is 16.4. The highest BCUT2D eigenvalue weighted by molar-refractivity contribution is 6.00. The van der Waals surface area contributed by atoms with Crippen molar-refractivity contribution in [3.63, 3.8) is 0 Å². The van der Waals surface area contributed by atoms with Gasteiger partial charge in [0.15, 0.2) is 17.5 Å². The van der Waals surface area contributed by atoms with Crippen molar-refractivity contribution in [1.29, 1.82) is 5.41 Å². The van der Waals surface area contributed by atoms with E-state index in [-0.39, 0.29) is 108 Å². The van der Waals surface area contributed by atoms with Crippen LogP contribution in [0.3, 0.4) is 0 Å². The van der Waals surface area contributed by atoms with Crippen LogP contribution in [-0.4, -0.2) is 94.0 Å². The molecule has 4 aromatic carbocycles. The maximum atomic E-state index is 13.4. The van der Waals surface area contributed by atoms with Gasteiger partial charge in [0.25, 0.3) is 22.9 Å². The van der Waals surface area contributed by atoms with Gasteiger partial charge in [0.2, 0.25) is 11.8 Å². The summed E-state index contributed by atoms with van der Waals surface area (Å²) < 4.78 is 2.53. The average molecular weight is 1110 g/mol. The molecule has 0 spiro atoms. The lowest BCUT2D eigenvalue weighted by Crippen LogP contribution is -2.35. The molecule has 18 N–H and O–H groups in total. The number of benzene rings is 4. The molecule has 2 unspecified atom stereocenters. The van der Waals surface area contributed by atoms with Crippen molar-refractivity contribution in [2.75, 3.05) is 22.1 Å². The van der Waals surface area contributed by atoms with E-state index in [1.807, 2.05) is 55.4 Å². The second kappa shape index (κ2) is 28.1. The van der Waals surface area contributed by atoms with Gasteiger partial charge in [-0.25, -0.2) is 9.97 Å². The summed E-state index contributed by atoms with van der Waals surface area (Å²) in [5.41, 5.74) is 26.3. The van der Waals surface area contributed by atoms with Crippen molar-refractivity contribution in [1.82, 2.24) is 40.4 Å². The number of aromatic nitrogens is 4. The minimum Gasteiger partial charge on any atom is -0.507 e. The summed E-state index contributed by atoms with van der Waals surface area (Å²) in [5, 5.41) is 56.6. The van der Waals surface area contributed by atoms with Crippen molar-refractivity contribution in [3.05, 3.63) is 139 Å². The fourth-order valence-electron chi connectivity index (χ4n) is 7.85. The summed E-state index contributed by atoms with van der Waals surface area (Å²) in [6.07, 6.45) is 4.42. The zero-order valence-electron chi connectivity index (χ0n) is 46.5. The second-order valence-corrected chi connectivity index (χ2v) is 19.8. The Hall–Kier alpha value is -9.94. The van der Waals surface area contributed by atoms with Gasteiger partial charge in [-0.15, -0.1) is 0 Å². The molecular formula is C56H72N16O9. The predicted molar refractivity (Wildman–Crippen MR) is 312 cm³/mol. The molecular weight excluding hydrogens is 1040 g/mol. The predicted octanol–water partition coefficient (Wildman–Crippen LogP) is 4.10. The normalized spacial score (nSPS) is 11.9. The molecule has 0 aliphatic carbocycles. The van der Waals surface area contributed by atoms with Crippen LogP contribution >= 0.6 is 0 Å². The number of oxime groups is 1. The SMILES string of the molecule is CCC(C)NC(=O)c1cc(N)cc(-c2cnc(NC(C)C)c(=O)n2CC(=O)NCc2ccc(/C(N)=N/O)c(O)c2)c1.CCC(C)NC(=O)c1cc(N)cc(-c2cnc(NC(C)C)c(=O)n2CC(=O)NCc2ccc(C(=N)N)c(O)c2)c1. The van der Waals surface area contributed by atoms with E-state index in [4.69, 9.17) is 33.6 Å². The number of hydrogen-bond acceptors (Lipinski definition) is 17. The molecule has 0 aliphatic heterocycles. The Morgan fingerprint density at radius 3 is 1.36 bits per heavy atom. The summed E-state index contributed by atoms with van der Waals surface area (Å²) in [4.78, 5) is 87.0. The first kappa shape index (κ1) is 61.9. The zero-order chi connectivity index (χ0) is 59.8. The van der Waals surface area contributed by atoms with Crippen LogP contribution in [0.1, 0.15) is 111 Å². The minimum atomic E-state index is -0.528. The molecule has 0 aliphatic rings. The van der Waals surface area contributed by atoms with Crippen molar-refractivity contribution in [2.24, 2.45) is 16.6 Å². The van der Waals surface area contributed by atoms with E-state index in [1.54, 1.807) is 48.5 Å². The largest absolute Gasteiger partial charge is 0.507 e. The molecule has 0 saturated heterocycles. The lowest BCUT2D eigenvalue weighted by atomic mass is 10.1. The summed E-state index contributed by atoms with van der Waals surface area (Å²) >= 11 is 0. The Balaban J connectivity index is 0.000000297. The Bertz CT molecular complexity index is 3450. The van der Waals surface area contributed by atoms with Crippen molar-refractivity contribution < 1.29 is 34.6 Å². The van der Waals surface area contributed by atoms with Gasteiger partial charge in [-0.05, 0) is 126 Å². The van der Waals surface area contributed by atoms with Crippen LogP contribution in [-0.2, 0) is 35.8 Å². The summed E-state index contributed by atoms with van der Waals surface area (Å²) in [6.45, 7) is 14.5. The molecule has 6 aromatic rings.